The summed E-state index contributed by atoms with van der Waals surface area (Å²) >= 11 is 0. The SMILES string of the molecule is C=C(CCC)C(C)C.Cc1ccc(OC(C)(F)F)cc1. The Hall–Kier alpha value is -1.38. The average Bonchev–Trinajstić information content (AvgIpc) is 2.31. The van der Waals surface area contributed by atoms with E-state index in [0.717, 1.165) is 5.56 Å². The minimum absolute atomic E-state index is 0.188. The molecule has 1 aromatic rings. The van der Waals surface area contributed by atoms with Gasteiger partial charge < -0.3 is 4.74 Å². The number of hydrogen-bond acceptors (Lipinski definition) is 1. The van der Waals surface area contributed by atoms with Crippen LogP contribution in [-0.2, 0) is 0 Å². The number of benzene rings is 1. The molecule has 0 saturated carbocycles. The van der Waals surface area contributed by atoms with Crippen LogP contribution in [0.5, 0.6) is 5.75 Å². The van der Waals surface area contributed by atoms with Crippen LogP contribution in [0.2, 0.25) is 0 Å². The summed E-state index contributed by atoms with van der Waals surface area (Å²) in [5.74, 6) is 0.864. The molecule has 3 heteroatoms. The van der Waals surface area contributed by atoms with E-state index < -0.39 is 6.11 Å². The van der Waals surface area contributed by atoms with Crippen LogP contribution < -0.4 is 4.74 Å². The van der Waals surface area contributed by atoms with Gasteiger partial charge in [-0.1, -0.05) is 57.0 Å². The van der Waals surface area contributed by atoms with Crippen LogP contribution in [0, 0.1) is 12.8 Å². The summed E-state index contributed by atoms with van der Waals surface area (Å²) in [5.41, 5.74) is 2.40. The number of allylic oxidation sites excluding steroid dienone is 1. The Balaban J connectivity index is 0.000000396. The van der Waals surface area contributed by atoms with Gasteiger partial charge in [-0.3, -0.25) is 0 Å². The number of ether oxygens (including phenoxy) is 1. The van der Waals surface area contributed by atoms with E-state index in [2.05, 4.69) is 32.1 Å². The molecule has 0 N–H and O–H groups in total. The van der Waals surface area contributed by atoms with Crippen molar-refractivity contribution in [3.63, 3.8) is 0 Å². The second kappa shape index (κ2) is 8.72. The van der Waals surface area contributed by atoms with Gasteiger partial charge in [0.05, 0.1) is 0 Å². The monoisotopic (exact) mass is 284 g/mol. The van der Waals surface area contributed by atoms with Crippen molar-refractivity contribution in [3.8, 4) is 5.75 Å². The number of hydrogen-bond donors (Lipinski definition) is 0. The number of halogens is 2. The summed E-state index contributed by atoms with van der Waals surface area (Å²) in [6.45, 7) is 13.1. The Bertz CT molecular complexity index is 388. The number of rotatable bonds is 5. The first-order valence-electron chi connectivity index (χ1n) is 6.97. The smallest absolute Gasteiger partial charge is 0.394 e. The van der Waals surface area contributed by atoms with Gasteiger partial charge in [0.1, 0.15) is 5.75 Å². The zero-order chi connectivity index (χ0) is 15.8. The molecule has 0 heterocycles. The fraction of sp³-hybridized carbons (Fsp3) is 0.529. The standard InChI is InChI=1S/C9H10F2O.C8H16/c1-7-3-5-8(6-4-7)12-9(2,10)11;1-5-6-8(4)7(2)3/h3-6H,1-2H3;7H,4-6H2,1-3H3. The lowest BCUT2D eigenvalue weighted by Gasteiger charge is -2.12. The van der Waals surface area contributed by atoms with E-state index >= 15 is 0 Å². The first kappa shape index (κ1) is 18.6. The Morgan fingerprint density at radius 3 is 2.05 bits per heavy atom. The predicted octanol–water partition coefficient (Wildman–Crippen LogP) is 5.99. The molecular formula is C17H26F2O. The lowest BCUT2D eigenvalue weighted by atomic mass is 10.0. The molecule has 0 spiro atoms. The summed E-state index contributed by atoms with van der Waals surface area (Å²) in [5, 5.41) is 0. The first-order valence-corrected chi connectivity index (χ1v) is 6.97. The maximum absolute atomic E-state index is 12.3. The molecule has 0 unspecified atom stereocenters. The van der Waals surface area contributed by atoms with E-state index in [0.29, 0.717) is 12.8 Å². The van der Waals surface area contributed by atoms with E-state index in [1.54, 1.807) is 12.1 Å². The number of aryl methyl sites for hydroxylation is 1. The fourth-order valence-electron chi connectivity index (χ4n) is 1.42. The van der Waals surface area contributed by atoms with Crippen molar-refractivity contribution in [2.45, 2.75) is 53.6 Å². The molecule has 0 atom stereocenters. The highest BCUT2D eigenvalue weighted by Gasteiger charge is 2.22. The highest BCUT2D eigenvalue weighted by Crippen LogP contribution is 2.20. The fourth-order valence-corrected chi connectivity index (χ4v) is 1.42. The largest absolute Gasteiger partial charge is 0.433 e. The van der Waals surface area contributed by atoms with Crippen LogP contribution >= 0.6 is 0 Å². The van der Waals surface area contributed by atoms with Crippen LogP contribution in [0.4, 0.5) is 8.78 Å². The van der Waals surface area contributed by atoms with Gasteiger partial charge in [0.15, 0.2) is 0 Å². The molecule has 0 amide bonds. The van der Waals surface area contributed by atoms with Crippen molar-refractivity contribution in [1.82, 2.24) is 0 Å². The molecule has 0 aliphatic carbocycles. The lowest BCUT2D eigenvalue weighted by Crippen LogP contribution is -2.18. The normalized spacial score (nSPS) is 10.8. The van der Waals surface area contributed by atoms with E-state index in [4.69, 9.17) is 0 Å². The van der Waals surface area contributed by atoms with Gasteiger partial charge in [-0.25, -0.2) is 0 Å². The van der Waals surface area contributed by atoms with Crippen LogP contribution in [-0.4, -0.2) is 6.11 Å². The molecule has 114 valence electrons. The highest BCUT2D eigenvalue weighted by molar-refractivity contribution is 5.26. The van der Waals surface area contributed by atoms with Crippen molar-refractivity contribution in [2.24, 2.45) is 5.92 Å². The number of alkyl halides is 2. The molecule has 1 aromatic carbocycles. The maximum atomic E-state index is 12.3. The second-order valence-electron chi connectivity index (χ2n) is 5.29. The summed E-state index contributed by atoms with van der Waals surface area (Å²) in [4.78, 5) is 0. The quantitative estimate of drug-likeness (QED) is 0.604. The van der Waals surface area contributed by atoms with Crippen molar-refractivity contribution < 1.29 is 13.5 Å². The molecule has 0 aliphatic heterocycles. The average molecular weight is 284 g/mol. The van der Waals surface area contributed by atoms with Crippen molar-refractivity contribution in [1.29, 1.82) is 0 Å². The maximum Gasteiger partial charge on any atom is 0.394 e. The molecular weight excluding hydrogens is 258 g/mol. The Labute approximate surface area is 121 Å². The van der Waals surface area contributed by atoms with E-state index in [9.17, 15) is 8.78 Å². The van der Waals surface area contributed by atoms with E-state index in [1.807, 2.05) is 6.92 Å². The first-order chi connectivity index (χ1) is 9.15. The molecule has 0 aliphatic rings. The van der Waals surface area contributed by atoms with Gasteiger partial charge in [-0.15, -0.1) is 0 Å². The molecule has 1 rings (SSSR count). The Morgan fingerprint density at radius 2 is 1.75 bits per heavy atom. The van der Waals surface area contributed by atoms with Gasteiger partial charge in [-0.05, 0) is 31.4 Å². The van der Waals surface area contributed by atoms with E-state index in [1.165, 1.54) is 30.5 Å². The third-order valence-corrected chi connectivity index (χ3v) is 2.71. The topological polar surface area (TPSA) is 9.23 Å². The van der Waals surface area contributed by atoms with Crippen LogP contribution in [0.25, 0.3) is 0 Å². The zero-order valence-corrected chi connectivity index (χ0v) is 13.2. The summed E-state index contributed by atoms with van der Waals surface area (Å²) in [6.07, 6.45) is -0.677. The Morgan fingerprint density at radius 1 is 1.25 bits per heavy atom. The van der Waals surface area contributed by atoms with Gasteiger partial charge in [0.2, 0.25) is 0 Å². The van der Waals surface area contributed by atoms with Crippen LogP contribution in [0.15, 0.2) is 36.4 Å². The van der Waals surface area contributed by atoms with Gasteiger partial charge in [-0.2, -0.15) is 8.78 Å². The molecule has 0 saturated heterocycles. The Kier molecular flexibility index (Phi) is 8.12. The van der Waals surface area contributed by atoms with Crippen molar-refractivity contribution in [3.05, 3.63) is 42.0 Å². The van der Waals surface area contributed by atoms with Crippen LogP contribution in [0.1, 0.15) is 46.1 Å². The molecule has 0 aromatic heterocycles. The van der Waals surface area contributed by atoms with Gasteiger partial charge in [0.25, 0.3) is 0 Å². The summed E-state index contributed by atoms with van der Waals surface area (Å²) < 4.78 is 28.9. The molecule has 20 heavy (non-hydrogen) atoms. The highest BCUT2D eigenvalue weighted by atomic mass is 19.3. The minimum atomic E-state index is -3.10. The van der Waals surface area contributed by atoms with Crippen molar-refractivity contribution >= 4 is 0 Å². The molecule has 1 nitrogen and oxygen atoms in total. The minimum Gasteiger partial charge on any atom is -0.433 e. The molecule has 0 fully saturated rings. The lowest BCUT2D eigenvalue weighted by molar-refractivity contribution is -0.158. The third kappa shape index (κ3) is 9.54. The van der Waals surface area contributed by atoms with E-state index in [-0.39, 0.29) is 5.75 Å². The summed E-state index contributed by atoms with van der Waals surface area (Å²) in [6, 6.07) is 6.49. The second-order valence-corrected chi connectivity index (χ2v) is 5.29. The molecule has 0 radical (unpaired) electrons. The van der Waals surface area contributed by atoms with Gasteiger partial charge in [0, 0.05) is 6.92 Å². The molecule has 0 bridgehead atoms. The zero-order valence-electron chi connectivity index (χ0n) is 13.2. The predicted molar refractivity (Wildman–Crippen MR) is 81.3 cm³/mol. The van der Waals surface area contributed by atoms with Crippen molar-refractivity contribution in [2.75, 3.05) is 0 Å². The van der Waals surface area contributed by atoms with Crippen LogP contribution in [0.3, 0.4) is 0 Å². The third-order valence-electron chi connectivity index (χ3n) is 2.71. The van der Waals surface area contributed by atoms with Gasteiger partial charge >= 0.3 is 6.11 Å². The summed E-state index contributed by atoms with van der Waals surface area (Å²) in [7, 11) is 0.